The summed E-state index contributed by atoms with van der Waals surface area (Å²) in [4.78, 5) is 7.55. The summed E-state index contributed by atoms with van der Waals surface area (Å²) in [6.07, 6.45) is 2.21. The molecule has 18 heavy (non-hydrogen) atoms. The maximum Gasteiger partial charge on any atom is 0.132 e. The highest BCUT2D eigenvalue weighted by Crippen LogP contribution is 2.16. The minimum absolute atomic E-state index is 0.274. The zero-order valence-corrected chi connectivity index (χ0v) is 11.4. The van der Waals surface area contributed by atoms with Crippen LogP contribution in [-0.4, -0.2) is 36.3 Å². The number of hydrogen-bond acceptors (Lipinski definition) is 4. The van der Waals surface area contributed by atoms with Gasteiger partial charge in [-0.15, -0.1) is 0 Å². The summed E-state index contributed by atoms with van der Waals surface area (Å²) in [6, 6.07) is 2.51. The van der Waals surface area contributed by atoms with Gasteiger partial charge in [-0.3, -0.25) is 4.90 Å². The molecular formula is C14H21N3O. The van der Waals surface area contributed by atoms with Crippen LogP contribution in [0.1, 0.15) is 33.6 Å². The predicted octanol–water partition coefficient (Wildman–Crippen LogP) is 2.03. The molecule has 0 unspecified atom stereocenters. The summed E-state index contributed by atoms with van der Waals surface area (Å²) < 4.78 is 0. The van der Waals surface area contributed by atoms with E-state index in [1.165, 1.54) is 0 Å². The molecule has 1 saturated heterocycles. The number of nitriles is 1. The first kappa shape index (κ1) is 14.5. The van der Waals surface area contributed by atoms with Crippen LogP contribution in [-0.2, 0) is 4.84 Å². The molecular weight excluding hydrogens is 226 g/mol. The molecule has 1 atom stereocenters. The Bertz CT molecular complexity index is 384. The third-order valence-electron chi connectivity index (χ3n) is 3.00. The lowest BCUT2D eigenvalue weighted by molar-refractivity contribution is 0.0868. The topological polar surface area (TPSA) is 48.6 Å². The van der Waals surface area contributed by atoms with Crippen LogP contribution in [0, 0.1) is 29.1 Å². The van der Waals surface area contributed by atoms with E-state index in [1.54, 1.807) is 6.92 Å². The van der Waals surface area contributed by atoms with Gasteiger partial charge in [0.25, 0.3) is 0 Å². The fraction of sp³-hybridized carbons (Fsp3) is 0.714. The first-order chi connectivity index (χ1) is 8.69. The van der Waals surface area contributed by atoms with Gasteiger partial charge in [-0.25, -0.2) is 0 Å². The molecule has 0 aromatic rings. The lowest BCUT2D eigenvalue weighted by atomic mass is 10.1. The highest BCUT2D eigenvalue weighted by atomic mass is 16.6. The second kappa shape index (κ2) is 7.74. The molecule has 0 aliphatic carbocycles. The van der Waals surface area contributed by atoms with E-state index >= 15 is 0 Å². The van der Waals surface area contributed by atoms with E-state index in [2.05, 4.69) is 28.0 Å². The van der Waals surface area contributed by atoms with Crippen molar-refractivity contribution >= 4 is 5.71 Å². The monoisotopic (exact) mass is 247 g/mol. The van der Waals surface area contributed by atoms with Crippen molar-refractivity contribution in [2.24, 2.45) is 11.1 Å². The molecule has 98 valence electrons. The summed E-state index contributed by atoms with van der Waals surface area (Å²) in [5.74, 6) is 6.07. The minimum Gasteiger partial charge on any atom is -0.393 e. The average molecular weight is 247 g/mol. The van der Waals surface area contributed by atoms with Crippen molar-refractivity contribution in [3.8, 4) is 17.9 Å². The Morgan fingerprint density at radius 2 is 2.33 bits per heavy atom. The van der Waals surface area contributed by atoms with Crippen molar-refractivity contribution in [2.75, 3.05) is 19.7 Å². The second-order valence-corrected chi connectivity index (χ2v) is 4.73. The molecule has 0 amide bonds. The van der Waals surface area contributed by atoms with Gasteiger partial charge in [-0.1, -0.05) is 24.9 Å². The standard InChI is InChI=1S/C14H21N3O/c1-4-6-14(12(2)3)16-18-11-13-7-5-9-17(13)10-8-15/h12-13H,5,7,9-11H2,1-3H3/b16-14+/t13-/m1/s1. The maximum absolute atomic E-state index is 8.72. The Morgan fingerprint density at radius 3 is 2.94 bits per heavy atom. The molecule has 0 spiro atoms. The first-order valence-electron chi connectivity index (χ1n) is 6.42. The summed E-state index contributed by atoms with van der Waals surface area (Å²) in [5, 5.41) is 12.8. The van der Waals surface area contributed by atoms with Gasteiger partial charge in [0.2, 0.25) is 0 Å². The smallest absolute Gasteiger partial charge is 0.132 e. The lowest BCUT2D eigenvalue weighted by Gasteiger charge is -2.19. The molecule has 0 bridgehead atoms. The Labute approximate surface area is 110 Å². The van der Waals surface area contributed by atoms with Crippen molar-refractivity contribution in [2.45, 2.75) is 39.7 Å². The molecule has 0 aromatic carbocycles. The molecule has 0 aromatic heterocycles. The third kappa shape index (κ3) is 4.39. The zero-order valence-electron chi connectivity index (χ0n) is 11.4. The van der Waals surface area contributed by atoms with Crippen LogP contribution in [0.25, 0.3) is 0 Å². The largest absolute Gasteiger partial charge is 0.393 e. The van der Waals surface area contributed by atoms with Crippen molar-refractivity contribution in [3.63, 3.8) is 0 Å². The summed E-state index contributed by atoms with van der Waals surface area (Å²) in [6.45, 7) is 7.89. The van der Waals surface area contributed by atoms with Gasteiger partial charge in [0.1, 0.15) is 12.3 Å². The van der Waals surface area contributed by atoms with Crippen molar-refractivity contribution in [3.05, 3.63) is 0 Å². The molecule has 1 fully saturated rings. The molecule has 0 saturated carbocycles. The van der Waals surface area contributed by atoms with Gasteiger partial charge >= 0.3 is 0 Å². The quantitative estimate of drug-likeness (QED) is 0.323. The number of hydrogen-bond donors (Lipinski definition) is 0. The van der Waals surface area contributed by atoms with Crippen LogP contribution >= 0.6 is 0 Å². The fourth-order valence-electron chi connectivity index (χ4n) is 1.98. The molecule has 0 radical (unpaired) electrons. The highest BCUT2D eigenvalue weighted by Gasteiger charge is 2.24. The first-order valence-corrected chi connectivity index (χ1v) is 6.42. The number of oxime groups is 1. The Hall–Kier alpha value is -1.52. The number of likely N-dealkylation sites (tertiary alicyclic amines) is 1. The molecule has 1 aliphatic rings. The van der Waals surface area contributed by atoms with Crippen LogP contribution < -0.4 is 0 Å². The molecule has 0 N–H and O–H groups in total. The van der Waals surface area contributed by atoms with Crippen molar-refractivity contribution < 1.29 is 4.84 Å². The number of rotatable bonds is 5. The van der Waals surface area contributed by atoms with Gasteiger partial charge < -0.3 is 4.84 Å². The van der Waals surface area contributed by atoms with Crippen LogP contribution in [0.3, 0.4) is 0 Å². The SMILES string of the molecule is CC#C/C(=N\OC[C@H]1CCCN1CC#N)C(C)C. The van der Waals surface area contributed by atoms with Gasteiger partial charge in [-0.05, 0) is 32.2 Å². The third-order valence-corrected chi connectivity index (χ3v) is 3.00. The van der Waals surface area contributed by atoms with Gasteiger partial charge in [0.15, 0.2) is 0 Å². The van der Waals surface area contributed by atoms with E-state index < -0.39 is 0 Å². The van der Waals surface area contributed by atoms with Crippen LogP contribution in [0.5, 0.6) is 0 Å². The molecule has 1 rings (SSSR count). The van der Waals surface area contributed by atoms with Gasteiger partial charge in [0.05, 0.1) is 12.6 Å². The normalized spacial score (nSPS) is 20.4. The van der Waals surface area contributed by atoms with Gasteiger partial charge in [0, 0.05) is 12.0 Å². The lowest BCUT2D eigenvalue weighted by Crippen LogP contribution is -2.33. The van der Waals surface area contributed by atoms with E-state index in [9.17, 15) is 0 Å². The summed E-state index contributed by atoms with van der Waals surface area (Å²) >= 11 is 0. The Kier molecular flexibility index (Phi) is 6.25. The molecule has 1 heterocycles. The van der Waals surface area contributed by atoms with Crippen molar-refractivity contribution in [1.29, 1.82) is 5.26 Å². The predicted molar refractivity (Wildman–Crippen MR) is 71.9 cm³/mol. The molecule has 4 heteroatoms. The second-order valence-electron chi connectivity index (χ2n) is 4.73. The minimum atomic E-state index is 0.274. The average Bonchev–Trinajstić information content (AvgIpc) is 2.76. The highest BCUT2D eigenvalue weighted by molar-refractivity contribution is 6.01. The van der Waals surface area contributed by atoms with Crippen LogP contribution in [0.4, 0.5) is 0 Å². The van der Waals surface area contributed by atoms with E-state index in [1.807, 2.05) is 13.8 Å². The zero-order chi connectivity index (χ0) is 13.4. The fourth-order valence-corrected chi connectivity index (χ4v) is 1.98. The van der Waals surface area contributed by atoms with E-state index in [-0.39, 0.29) is 5.92 Å². The van der Waals surface area contributed by atoms with Crippen LogP contribution in [0.2, 0.25) is 0 Å². The van der Waals surface area contributed by atoms with Crippen LogP contribution in [0.15, 0.2) is 5.16 Å². The summed E-state index contributed by atoms with van der Waals surface area (Å²) in [5.41, 5.74) is 0.780. The van der Waals surface area contributed by atoms with E-state index in [4.69, 9.17) is 10.1 Å². The van der Waals surface area contributed by atoms with Gasteiger partial charge in [-0.2, -0.15) is 5.26 Å². The molecule has 1 aliphatic heterocycles. The number of nitrogens with zero attached hydrogens (tertiary/aromatic N) is 3. The Balaban J connectivity index is 2.46. The van der Waals surface area contributed by atoms with E-state index in [0.717, 1.165) is 25.1 Å². The summed E-state index contributed by atoms with van der Waals surface area (Å²) in [7, 11) is 0. The molecule has 4 nitrogen and oxygen atoms in total. The Morgan fingerprint density at radius 1 is 1.56 bits per heavy atom. The van der Waals surface area contributed by atoms with Crippen molar-refractivity contribution in [1.82, 2.24) is 4.90 Å². The van der Waals surface area contributed by atoms with E-state index in [0.29, 0.717) is 19.2 Å². The maximum atomic E-state index is 8.72.